The first-order chi connectivity index (χ1) is 10.5. The van der Waals surface area contributed by atoms with Gasteiger partial charge in [-0.1, -0.05) is 44.2 Å². The number of hydrogen-bond acceptors (Lipinski definition) is 5. The highest BCUT2D eigenvalue weighted by Gasteiger charge is 2.19. The van der Waals surface area contributed by atoms with Crippen LogP contribution < -0.4 is 5.32 Å². The van der Waals surface area contributed by atoms with E-state index in [1.807, 2.05) is 10.7 Å². The van der Waals surface area contributed by atoms with Gasteiger partial charge >= 0.3 is 0 Å². The van der Waals surface area contributed by atoms with Crippen LogP contribution in [0.25, 0.3) is 4.96 Å². The zero-order chi connectivity index (χ0) is 15.7. The second-order valence-corrected chi connectivity index (χ2v) is 8.05. The Morgan fingerprint density at radius 3 is 2.55 bits per heavy atom. The minimum absolute atomic E-state index is 0.0556. The van der Waals surface area contributed by atoms with E-state index in [-0.39, 0.29) is 5.41 Å². The Kier molecular flexibility index (Phi) is 4.14. The maximum absolute atomic E-state index is 4.66. The summed E-state index contributed by atoms with van der Waals surface area (Å²) in [6.07, 6.45) is 4.11. The molecule has 0 saturated carbocycles. The van der Waals surface area contributed by atoms with Gasteiger partial charge in [0.2, 0.25) is 10.1 Å². The molecule has 116 valence electrons. The number of rotatable bonds is 4. The molecule has 0 unspecified atom stereocenters. The molecular formula is C16H20N4S2. The molecule has 22 heavy (non-hydrogen) atoms. The summed E-state index contributed by atoms with van der Waals surface area (Å²) in [5.74, 6) is 0. The molecule has 4 nitrogen and oxygen atoms in total. The molecule has 2 aromatic heterocycles. The fourth-order valence-electron chi connectivity index (χ4n) is 2.05. The Morgan fingerprint density at radius 2 is 1.95 bits per heavy atom. The first-order valence-electron chi connectivity index (χ1n) is 7.19. The number of aromatic nitrogens is 3. The van der Waals surface area contributed by atoms with E-state index >= 15 is 0 Å². The molecule has 2 heterocycles. The summed E-state index contributed by atoms with van der Waals surface area (Å²) in [6, 6.07) is 8.59. The Balaban J connectivity index is 1.70. The van der Waals surface area contributed by atoms with Crippen LogP contribution in [0.15, 0.2) is 35.4 Å². The van der Waals surface area contributed by atoms with Crippen molar-refractivity contribution in [2.45, 2.75) is 37.6 Å². The number of fused-ring (bicyclic) bond motifs is 1. The molecule has 0 fully saturated rings. The summed E-state index contributed by atoms with van der Waals surface area (Å²) < 4.78 is 1.87. The fraction of sp³-hybridized carbons (Fsp3) is 0.375. The normalized spacial score (nSPS) is 12.0. The number of nitrogens with zero attached hydrogens (tertiary/aromatic N) is 3. The molecule has 1 aromatic carbocycles. The van der Waals surface area contributed by atoms with Crippen LogP contribution in [0.1, 0.15) is 32.0 Å². The van der Waals surface area contributed by atoms with Gasteiger partial charge in [-0.2, -0.15) is 0 Å². The van der Waals surface area contributed by atoms with Crippen molar-refractivity contribution in [2.75, 3.05) is 11.6 Å². The van der Waals surface area contributed by atoms with Gasteiger partial charge < -0.3 is 5.32 Å². The van der Waals surface area contributed by atoms with Crippen molar-refractivity contribution in [3.05, 3.63) is 41.7 Å². The van der Waals surface area contributed by atoms with Gasteiger partial charge in [-0.05, 0) is 24.0 Å². The summed E-state index contributed by atoms with van der Waals surface area (Å²) in [7, 11) is 0. The van der Waals surface area contributed by atoms with E-state index in [0.29, 0.717) is 0 Å². The van der Waals surface area contributed by atoms with E-state index in [9.17, 15) is 0 Å². The van der Waals surface area contributed by atoms with Gasteiger partial charge in [-0.25, -0.2) is 9.50 Å². The van der Waals surface area contributed by atoms with Crippen molar-refractivity contribution >= 4 is 33.2 Å². The van der Waals surface area contributed by atoms with Crippen molar-refractivity contribution in [1.29, 1.82) is 0 Å². The first kappa shape index (κ1) is 15.4. The standard InChI is InChI=1S/C16H20N4S2/c1-16(2,3)13-10-20-15(18-13)22-14(19-20)17-9-11-5-7-12(21-4)8-6-11/h5-8,10H,9H2,1-4H3,(H,17,19). The minimum atomic E-state index is 0.0556. The van der Waals surface area contributed by atoms with Gasteiger partial charge in [-0.3, -0.25) is 0 Å². The molecule has 0 radical (unpaired) electrons. The topological polar surface area (TPSA) is 42.2 Å². The minimum Gasteiger partial charge on any atom is -0.356 e. The van der Waals surface area contributed by atoms with Crippen LogP contribution in [0.3, 0.4) is 0 Å². The van der Waals surface area contributed by atoms with Gasteiger partial charge in [-0.15, -0.1) is 16.9 Å². The highest BCUT2D eigenvalue weighted by Crippen LogP contribution is 2.26. The lowest BCUT2D eigenvalue weighted by Gasteiger charge is -2.13. The molecule has 0 bridgehead atoms. The predicted octanol–water partition coefficient (Wildman–Crippen LogP) is 4.42. The van der Waals surface area contributed by atoms with Crippen molar-refractivity contribution < 1.29 is 0 Å². The molecule has 0 aliphatic heterocycles. The van der Waals surface area contributed by atoms with Crippen molar-refractivity contribution in [2.24, 2.45) is 0 Å². The predicted molar refractivity (Wildman–Crippen MR) is 95.1 cm³/mol. The van der Waals surface area contributed by atoms with Crippen LogP contribution in [0, 0.1) is 0 Å². The molecule has 0 aliphatic carbocycles. The molecule has 3 aromatic rings. The summed E-state index contributed by atoms with van der Waals surface area (Å²) in [4.78, 5) is 6.88. The lowest BCUT2D eigenvalue weighted by molar-refractivity contribution is 0.572. The van der Waals surface area contributed by atoms with Gasteiger partial charge in [0.25, 0.3) is 0 Å². The number of imidazole rings is 1. The molecule has 1 N–H and O–H groups in total. The molecule has 6 heteroatoms. The van der Waals surface area contributed by atoms with Crippen LogP contribution in [-0.2, 0) is 12.0 Å². The summed E-state index contributed by atoms with van der Waals surface area (Å²) in [6.45, 7) is 7.27. The molecule has 0 amide bonds. The summed E-state index contributed by atoms with van der Waals surface area (Å²) >= 11 is 3.34. The average molecular weight is 332 g/mol. The van der Waals surface area contributed by atoms with E-state index < -0.39 is 0 Å². The second-order valence-electron chi connectivity index (χ2n) is 6.21. The summed E-state index contributed by atoms with van der Waals surface area (Å²) in [5.41, 5.74) is 2.38. The van der Waals surface area contributed by atoms with Crippen molar-refractivity contribution in [1.82, 2.24) is 14.6 Å². The average Bonchev–Trinajstić information content (AvgIpc) is 3.03. The quantitative estimate of drug-likeness (QED) is 0.718. The van der Waals surface area contributed by atoms with E-state index in [2.05, 4.69) is 66.7 Å². The third kappa shape index (κ3) is 3.28. The molecule has 0 spiro atoms. The number of thioether (sulfide) groups is 1. The SMILES string of the molecule is CSc1ccc(CNc2nn3cc(C(C)(C)C)nc3s2)cc1. The number of benzene rings is 1. The van der Waals surface area contributed by atoms with Crippen LogP contribution >= 0.6 is 23.1 Å². The van der Waals surface area contributed by atoms with Crippen LogP contribution in [-0.4, -0.2) is 20.9 Å². The van der Waals surface area contributed by atoms with Crippen LogP contribution in [0.4, 0.5) is 5.13 Å². The first-order valence-corrected chi connectivity index (χ1v) is 9.23. The summed E-state index contributed by atoms with van der Waals surface area (Å²) in [5, 5.41) is 8.82. The highest BCUT2D eigenvalue weighted by molar-refractivity contribution is 7.98. The van der Waals surface area contributed by atoms with Gasteiger partial charge in [0, 0.05) is 16.9 Å². The maximum atomic E-state index is 4.66. The van der Waals surface area contributed by atoms with Gasteiger partial charge in [0.05, 0.1) is 11.9 Å². The Labute approximate surface area is 139 Å². The number of hydrogen-bond donors (Lipinski definition) is 1. The Morgan fingerprint density at radius 1 is 1.23 bits per heavy atom. The molecular weight excluding hydrogens is 312 g/mol. The van der Waals surface area contributed by atoms with Gasteiger partial charge in [0.1, 0.15) is 0 Å². The fourth-order valence-corrected chi connectivity index (χ4v) is 3.24. The smallest absolute Gasteiger partial charge is 0.214 e. The third-order valence-electron chi connectivity index (χ3n) is 3.41. The van der Waals surface area contributed by atoms with Crippen molar-refractivity contribution in [3.63, 3.8) is 0 Å². The Bertz CT molecular complexity index is 734. The number of nitrogens with one attached hydrogen (secondary N) is 1. The van der Waals surface area contributed by atoms with E-state index in [1.54, 1.807) is 23.1 Å². The molecule has 3 rings (SSSR count). The number of anilines is 1. The lowest BCUT2D eigenvalue weighted by Crippen LogP contribution is -2.11. The third-order valence-corrected chi connectivity index (χ3v) is 5.04. The monoisotopic (exact) mass is 332 g/mol. The van der Waals surface area contributed by atoms with E-state index in [1.165, 1.54) is 10.5 Å². The Hall–Kier alpha value is -1.53. The highest BCUT2D eigenvalue weighted by atomic mass is 32.2. The molecule has 0 atom stereocenters. The van der Waals surface area contributed by atoms with E-state index in [0.717, 1.165) is 22.3 Å². The molecule has 0 aliphatic rings. The maximum Gasteiger partial charge on any atom is 0.214 e. The lowest BCUT2D eigenvalue weighted by atomic mass is 9.93. The largest absolute Gasteiger partial charge is 0.356 e. The zero-order valence-corrected chi connectivity index (χ0v) is 14.9. The zero-order valence-electron chi connectivity index (χ0n) is 13.3. The van der Waals surface area contributed by atoms with Crippen LogP contribution in [0.2, 0.25) is 0 Å². The van der Waals surface area contributed by atoms with Gasteiger partial charge in [0.15, 0.2) is 0 Å². The van der Waals surface area contributed by atoms with Crippen molar-refractivity contribution in [3.8, 4) is 0 Å². The second kappa shape index (κ2) is 5.93. The van der Waals surface area contributed by atoms with Crippen LogP contribution in [0.5, 0.6) is 0 Å². The van der Waals surface area contributed by atoms with E-state index in [4.69, 9.17) is 0 Å². The molecule has 0 saturated heterocycles.